The maximum absolute atomic E-state index is 12.8. The fraction of sp³-hybridized carbons (Fsp3) is 0.182. The Balaban J connectivity index is 1.58. The van der Waals surface area contributed by atoms with E-state index in [1.54, 1.807) is 6.08 Å². The molecule has 0 aliphatic carbocycles. The molecular formula is C22H20N6O3S. The van der Waals surface area contributed by atoms with Crippen molar-refractivity contribution in [1.82, 2.24) is 19.7 Å². The Morgan fingerprint density at radius 3 is 2.69 bits per heavy atom. The van der Waals surface area contributed by atoms with Gasteiger partial charge < -0.3 is 9.88 Å². The Bertz CT molecular complexity index is 1320. The molecular weight excluding hydrogens is 428 g/mol. The van der Waals surface area contributed by atoms with Crippen LogP contribution in [0, 0.1) is 10.1 Å². The molecule has 10 heteroatoms. The molecule has 162 valence electrons. The minimum Gasteiger partial charge on any atom is -0.325 e. The van der Waals surface area contributed by atoms with Gasteiger partial charge in [-0.15, -0.1) is 16.8 Å². The van der Waals surface area contributed by atoms with E-state index in [0.717, 1.165) is 10.9 Å². The average molecular weight is 449 g/mol. The SMILES string of the molecule is C=CCn1c2ccccc2c2nnc(SC(CC)C(=O)Nc3ccc([N+](=O)[O-])cc3)nc21. The third-order valence-corrected chi connectivity index (χ3v) is 6.14. The predicted octanol–water partition coefficient (Wildman–Crippen LogP) is 4.58. The van der Waals surface area contributed by atoms with Gasteiger partial charge in [0.2, 0.25) is 11.1 Å². The molecule has 1 atom stereocenters. The number of nitrogens with zero attached hydrogens (tertiary/aromatic N) is 5. The summed E-state index contributed by atoms with van der Waals surface area (Å²) in [6, 6.07) is 13.6. The topological polar surface area (TPSA) is 116 Å². The van der Waals surface area contributed by atoms with Crippen LogP contribution >= 0.6 is 11.8 Å². The Labute approximate surface area is 187 Å². The van der Waals surface area contributed by atoms with Crippen molar-refractivity contribution in [1.29, 1.82) is 0 Å². The van der Waals surface area contributed by atoms with Crippen LogP contribution in [0.5, 0.6) is 0 Å². The summed E-state index contributed by atoms with van der Waals surface area (Å²) in [6.07, 6.45) is 2.34. The van der Waals surface area contributed by atoms with Crippen LogP contribution in [-0.2, 0) is 11.3 Å². The largest absolute Gasteiger partial charge is 0.325 e. The van der Waals surface area contributed by atoms with Crippen molar-refractivity contribution in [2.75, 3.05) is 5.32 Å². The third-order valence-electron chi connectivity index (χ3n) is 4.92. The summed E-state index contributed by atoms with van der Waals surface area (Å²) in [7, 11) is 0. The Hall–Kier alpha value is -3.79. The lowest BCUT2D eigenvalue weighted by atomic mass is 10.2. The van der Waals surface area contributed by atoms with E-state index < -0.39 is 10.2 Å². The number of benzene rings is 2. The van der Waals surface area contributed by atoms with Gasteiger partial charge in [0.1, 0.15) is 5.52 Å². The number of anilines is 1. The first-order valence-corrected chi connectivity index (χ1v) is 10.8. The molecule has 0 aliphatic heterocycles. The molecule has 0 bridgehead atoms. The number of hydrogen-bond acceptors (Lipinski definition) is 7. The van der Waals surface area contributed by atoms with Crippen LogP contribution in [0.4, 0.5) is 11.4 Å². The van der Waals surface area contributed by atoms with Gasteiger partial charge in [-0.3, -0.25) is 14.9 Å². The monoisotopic (exact) mass is 448 g/mol. The van der Waals surface area contributed by atoms with Crippen molar-refractivity contribution in [2.24, 2.45) is 0 Å². The number of para-hydroxylation sites is 1. The Kier molecular flexibility index (Phi) is 6.13. The van der Waals surface area contributed by atoms with Crippen molar-refractivity contribution in [3.63, 3.8) is 0 Å². The minimum atomic E-state index is -0.484. The van der Waals surface area contributed by atoms with Crippen LogP contribution in [-0.4, -0.2) is 35.8 Å². The van der Waals surface area contributed by atoms with Crippen molar-refractivity contribution in [3.8, 4) is 0 Å². The number of aromatic nitrogens is 4. The molecule has 2 aromatic heterocycles. The second-order valence-electron chi connectivity index (χ2n) is 6.99. The molecule has 4 aromatic rings. The number of thioether (sulfide) groups is 1. The number of nitro groups is 1. The smallest absolute Gasteiger partial charge is 0.269 e. The second kappa shape index (κ2) is 9.15. The van der Waals surface area contributed by atoms with Gasteiger partial charge in [-0.2, -0.15) is 0 Å². The molecule has 0 saturated heterocycles. The van der Waals surface area contributed by atoms with E-state index in [2.05, 4.69) is 27.1 Å². The number of nitro benzene ring substituents is 1. The lowest BCUT2D eigenvalue weighted by Gasteiger charge is -2.13. The molecule has 32 heavy (non-hydrogen) atoms. The summed E-state index contributed by atoms with van der Waals surface area (Å²) in [4.78, 5) is 27.8. The fourth-order valence-electron chi connectivity index (χ4n) is 3.39. The van der Waals surface area contributed by atoms with Crippen molar-refractivity contribution in [2.45, 2.75) is 30.3 Å². The third kappa shape index (κ3) is 4.17. The predicted molar refractivity (Wildman–Crippen MR) is 125 cm³/mol. The van der Waals surface area contributed by atoms with Crippen molar-refractivity contribution < 1.29 is 9.72 Å². The quantitative estimate of drug-likeness (QED) is 0.181. The highest BCUT2D eigenvalue weighted by Crippen LogP contribution is 2.29. The molecule has 0 saturated carbocycles. The van der Waals surface area contributed by atoms with E-state index in [0.29, 0.717) is 35.0 Å². The molecule has 1 unspecified atom stereocenters. The number of rotatable bonds is 8. The molecule has 0 fully saturated rings. The zero-order chi connectivity index (χ0) is 22.7. The molecule has 0 radical (unpaired) electrons. The van der Waals surface area contributed by atoms with E-state index >= 15 is 0 Å². The number of hydrogen-bond donors (Lipinski definition) is 1. The van der Waals surface area contributed by atoms with Crippen LogP contribution in [0.1, 0.15) is 13.3 Å². The average Bonchev–Trinajstić information content (AvgIpc) is 3.11. The molecule has 2 heterocycles. The van der Waals surface area contributed by atoms with Crippen LogP contribution in [0.25, 0.3) is 22.1 Å². The van der Waals surface area contributed by atoms with E-state index in [1.807, 2.05) is 35.8 Å². The van der Waals surface area contributed by atoms with E-state index in [4.69, 9.17) is 0 Å². The van der Waals surface area contributed by atoms with Crippen molar-refractivity contribution >= 4 is 51.1 Å². The number of non-ortho nitro benzene ring substituents is 1. The number of allylic oxidation sites excluding steroid dienone is 1. The highest BCUT2D eigenvalue weighted by Gasteiger charge is 2.22. The maximum Gasteiger partial charge on any atom is 0.269 e. The van der Waals surface area contributed by atoms with Crippen LogP contribution < -0.4 is 5.32 Å². The first-order chi connectivity index (χ1) is 15.5. The zero-order valence-electron chi connectivity index (χ0n) is 17.3. The summed E-state index contributed by atoms with van der Waals surface area (Å²) in [6.45, 7) is 6.30. The van der Waals surface area contributed by atoms with E-state index in [9.17, 15) is 14.9 Å². The summed E-state index contributed by atoms with van der Waals surface area (Å²) in [5.74, 6) is -0.235. The number of nitrogens with one attached hydrogen (secondary N) is 1. The Morgan fingerprint density at radius 1 is 1.25 bits per heavy atom. The lowest BCUT2D eigenvalue weighted by Crippen LogP contribution is -2.24. The first kappa shape index (κ1) is 21.4. The normalized spacial score (nSPS) is 12.0. The molecule has 1 N–H and O–H groups in total. The standard InChI is InChI=1S/C22H20N6O3S/c1-3-13-27-17-8-6-5-7-16(17)19-20(27)24-22(26-25-19)32-18(4-2)21(29)23-14-9-11-15(12-10-14)28(30)31/h3,5-12,18H,1,4,13H2,2H3,(H,23,29). The summed E-state index contributed by atoms with van der Waals surface area (Å²) < 4.78 is 2.02. The maximum atomic E-state index is 12.8. The summed E-state index contributed by atoms with van der Waals surface area (Å²) >= 11 is 1.23. The van der Waals surface area contributed by atoms with Gasteiger partial charge in [0.25, 0.3) is 5.69 Å². The zero-order valence-corrected chi connectivity index (χ0v) is 18.1. The summed E-state index contributed by atoms with van der Waals surface area (Å²) in [5.41, 5.74) is 2.84. The van der Waals surface area contributed by atoms with Gasteiger partial charge in [-0.05, 0) is 24.6 Å². The van der Waals surface area contributed by atoms with E-state index in [1.165, 1.54) is 36.0 Å². The fourth-order valence-corrected chi connectivity index (χ4v) is 4.21. The van der Waals surface area contributed by atoms with Gasteiger partial charge in [-0.25, -0.2) is 4.98 Å². The van der Waals surface area contributed by atoms with E-state index in [-0.39, 0.29) is 11.6 Å². The van der Waals surface area contributed by atoms with Gasteiger partial charge in [0, 0.05) is 29.8 Å². The molecule has 2 aromatic carbocycles. The number of carbonyl (C=O) groups is 1. The van der Waals surface area contributed by atoms with Gasteiger partial charge in [0.05, 0.1) is 15.7 Å². The number of amides is 1. The first-order valence-electron chi connectivity index (χ1n) is 9.96. The molecule has 9 nitrogen and oxygen atoms in total. The molecule has 0 spiro atoms. The number of carbonyl (C=O) groups excluding carboxylic acids is 1. The summed E-state index contributed by atoms with van der Waals surface area (Å²) in [5, 5.41) is 23.1. The Morgan fingerprint density at radius 2 is 2.00 bits per heavy atom. The van der Waals surface area contributed by atoms with Gasteiger partial charge >= 0.3 is 0 Å². The lowest BCUT2D eigenvalue weighted by molar-refractivity contribution is -0.384. The highest BCUT2D eigenvalue weighted by molar-refractivity contribution is 8.00. The molecule has 0 aliphatic rings. The van der Waals surface area contributed by atoms with Crippen molar-refractivity contribution in [3.05, 3.63) is 71.3 Å². The second-order valence-corrected chi connectivity index (χ2v) is 8.16. The minimum absolute atomic E-state index is 0.0351. The van der Waals surface area contributed by atoms with Crippen LogP contribution in [0.15, 0.2) is 66.3 Å². The van der Waals surface area contributed by atoms with Crippen LogP contribution in [0.3, 0.4) is 0 Å². The molecule has 4 rings (SSSR count). The molecule has 1 amide bonds. The number of fused-ring (bicyclic) bond motifs is 3. The highest BCUT2D eigenvalue weighted by atomic mass is 32.2. The van der Waals surface area contributed by atoms with Crippen LogP contribution in [0.2, 0.25) is 0 Å². The van der Waals surface area contributed by atoms with Gasteiger partial charge in [0.15, 0.2) is 5.65 Å². The van der Waals surface area contributed by atoms with Gasteiger partial charge in [-0.1, -0.05) is 43.0 Å².